The fourth-order valence-corrected chi connectivity index (χ4v) is 1.92. The van der Waals surface area contributed by atoms with Gasteiger partial charge in [-0.2, -0.15) is 0 Å². The van der Waals surface area contributed by atoms with Gasteiger partial charge in [-0.15, -0.1) is 0 Å². The van der Waals surface area contributed by atoms with E-state index in [1.807, 2.05) is 0 Å². The summed E-state index contributed by atoms with van der Waals surface area (Å²) in [5.74, 6) is 1.11. The first-order valence-electron chi connectivity index (χ1n) is 6.83. The van der Waals surface area contributed by atoms with Crippen LogP contribution in [0.5, 0.6) is 11.5 Å². The van der Waals surface area contributed by atoms with Gasteiger partial charge in [-0.3, -0.25) is 4.79 Å². The molecule has 0 spiro atoms. The molecule has 0 atom stereocenters. The number of carbonyl (C=O) groups excluding carboxylic acids is 1. The van der Waals surface area contributed by atoms with Gasteiger partial charge >= 0.3 is 0 Å². The van der Waals surface area contributed by atoms with Crippen molar-refractivity contribution in [1.82, 2.24) is 10.5 Å². The number of hydrogen-bond donors (Lipinski definition) is 1. The molecule has 0 fully saturated rings. The van der Waals surface area contributed by atoms with Gasteiger partial charge in [-0.05, 0) is 12.1 Å². The molecule has 0 bridgehead atoms. The standard InChI is InChI=1S/C15H17ClN2O5/c1-20-6-5-17-15(19)12-8-11(23-18-12)9-22-13-4-3-10(16)7-14(13)21-2/h3-4,7-8H,5-6,9H2,1-2H3,(H,17,19). The Bertz CT molecular complexity index is 659. The zero-order valence-corrected chi connectivity index (χ0v) is 13.6. The minimum atomic E-state index is -0.332. The predicted octanol–water partition coefficient (Wildman–Crippen LogP) is 2.29. The quantitative estimate of drug-likeness (QED) is 0.742. The molecule has 124 valence electrons. The number of rotatable bonds is 8. The first-order chi connectivity index (χ1) is 11.1. The summed E-state index contributed by atoms with van der Waals surface area (Å²) in [7, 11) is 3.08. The minimum absolute atomic E-state index is 0.107. The van der Waals surface area contributed by atoms with E-state index in [0.29, 0.717) is 35.4 Å². The Morgan fingerprint density at radius 2 is 2.13 bits per heavy atom. The van der Waals surface area contributed by atoms with Crippen molar-refractivity contribution in [2.45, 2.75) is 6.61 Å². The number of halogens is 1. The summed E-state index contributed by atoms with van der Waals surface area (Å²) in [5.41, 5.74) is 0.183. The van der Waals surface area contributed by atoms with Crippen molar-refractivity contribution in [3.8, 4) is 11.5 Å². The molecule has 8 heteroatoms. The first-order valence-corrected chi connectivity index (χ1v) is 7.21. The zero-order valence-electron chi connectivity index (χ0n) is 12.8. The average Bonchev–Trinajstić information content (AvgIpc) is 3.02. The Kier molecular flexibility index (Phi) is 6.25. The van der Waals surface area contributed by atoms with Crippen LogP contribution in [0, 0.1) is 0 Å². The van der Waals surface area contributed by atoms with Gasteiger partial charge in [0, 0.05) is 30.8 Å². The van der Waals surface area contributed by atoms with Crippen molar-refractivity contribution in [2.75, 3.05) is 27.4 Å². The van der Waals surface area contributed by atoms with Crippen LogP contribution in [0.4, 0.5) is 0 Å². The smallest absolute Gasteiger partial charge is 0.273 e. The van der Waals surface area contributed by atoms with E-state index in [4.69, 9.17) is 30.3 Å². The van der Waals surface area contributed by atoms with Crippen LogP contribution in [-0.2, 0) is 11.3 Å². The zero-order chi connectivity index (χ0) is 16.7. The van der Waals surface area contributed by atoms with E-state index < -0.39 is 0 Å². The van der Waals surface area contributed by atoms with E-state index in [0.717, 1.165) is 0 Å². The van der Waals surface area contributed by atoms with Crippen molar-refractivity contribution >= 4 is 17.5 Å². The number of nitrogens with zero attached hydrogens (tertiary/aromatic N) is 1. The Morgan fingerprint density at radius 3 is 2.87 bits per heavy atom. The number of carbonyl (C=O) groups is 1. The lowest BCUT2D eigenvalue weighted by Crippen LogP contribution is -2.27. The average molecular weight is 341 g/mol. The molecular formula is C15H17ClN2O5. The molecular weight excluding hydrogens is 324 g/mol. The normalized spacial score (nSPS) is 10.4. The maximum Gasteiger partial charge on any atom is 0.273 e. The molecule has 0 saturated carbocycles. The van der Waals surface area contributed by atoms with Crippen LogP contribution in [0.3, 0.4) is 0 Å². The molecule has 0 aliphatic carbocycles. The lowest BCUT2D eigenvalue weighted by molar-refractivity contribution is 0.0927. The van der Waals surface area contributed by atoms with Gasteiger partial charge in [0.05, 0.1) is 13.7 Å². The third-order valence-corrected chi connectivity index (χ3v) is 3.11. The van der Waals surface area contributed by atoms with E-state index in [1.54, 1.807) is 25.3 Å². The Hall–Kier alpha value is -2.25. The largest absolute Gasteiger partial charge is 0.493 e. The van der Waals surface area contributed by atoms with Gasteiger partial charge in [-0.1, -0.05) is 16.8 Å². The summed E-state index contributed by atoms with van der Waals surface area (Å²) < 4.78 is 20.7. The van der Waals surface area contributed by atoms with Gasteiger partial charge in [0.1, 0.15) is 6.61 Å². The highest BCUT2D eigenvalue weighted by molar-refractivity contribution is 6.30. The predicted molar refractivity (Wildman–Crippen MR) is 83.0 cm³/mol. The number of amides is 1. The third kappa shape index (κ3) is 4.87. The lowest BCUT2D eigenvalue weighted by Gasteiger charge is -2.09. The van der Waals surface area contributed by atoms with E-state index in [9.17, 15) is 4.79 Å². The van der Waals surface area contributed by atoms with Crippen LogP contribution in [0.2, 0.25) is 5.02 Å². The SMILES string of the molecule is COCCNC(=O)c1cc(COc2ccc(Cl)cc2OC)on1. The summed E-state index contributed by atoms with van der Waals surface area (Å²) in [6.07, 6.45) is 0. The third-order valence-electron chi connectivity index (χ3n) is 2.88. The number of nitrogens with one attached hydrogen (secondary N) is 1. The van der Waals surface area contributed by atoms with Crippen LogP contribution < -0.4 is 14.8 Å². The van der Waals surface area contributed by atoms with Crippen LogP contribution in [0.25, 0.3) is 0 Å². The van der Waals surface area contributed by atoms with E-state index in [-0.39, 0.29) is 18.2 Å². The molecule has 0 radical (unpaired) electrons. The lowest BCUT2D eigenvalue weighted by atomic mass is 10.3. The Labute approximate surface area is 138 Å². The second-order valence-electron chi connectivity index (χ2n) is 4.51. The van der Waals surface area contributed by atoms with Gasteiger partial charge < -0.3 is 24.1 Å². The van der Waals surface area contributed by atoms with Crippen molar-refractivity contribution in [3.05, 3.63) is 40.7 Å². The van der Waals surface area contributed by atoms with E-state index in [1.165, 1.54) is 13.2 Å². The van der Waals surface area contributed by atoms with Gasteiger partial charge in [0.25, 0.3) is 5.91 Å². The Morgan fingerprint density at radius 1 is 1.30 bits per heavy atom. The van der Waals surface area contributed by atoms with Crippen molar-refractivity contribution in [3.63, 3.8) is 0 Å². The first kappa shape index (κ1) is 17.1. The Balaban J connectivity index is 1.93. The number of aromatic nitrogens is 1. The monoisotopic (exact) mass is 340 g/mol. The molecule has 0 unspecified atom stereocenters. The highest BCUT2D eigenvalue weighted by Crippen LogP contribution is 2.30. The van der Waals surface area contributed by atoms with E-state index in [2.05, 4.69) is 10.5 Å². The number of benzene rings is 1. The fourth-order valence-electron chi connectivity index (χ4n) is 1.75. The topological polar surface area (TPSA) is 82.8 Å². The number of hydrogen-bond acceptors (Lipinski definition) is 6. The molecule has 1 aromatic heterocycles. The molecule has 23 heavy (non-hydrogen) atoms. The molecule has 0 saturated heterocycles. The molecule has 1 N–H and O–H groups in total. The van der Waals surface area contributed by atoms with Gasteiger partial charge in [-0.25, -0.2) is 0 Å². The van der Waals surface area contributed by atoms with Crippen molar-refractivity contribution in [1.29, 1.82) is 0 Å². The van der Waals surface area contributed by atoms with Crippen molar-refractivity contribution < 1.29 is 23.5 Å². The van der Waals surface area contributed by atoms with Crippen LogP contribution >= 0.6 is 11.6 Å². The summed E-state index contributed by atoms with van der Waals surface area (Å²) in [4.78, 5) is 11.8. The fraction of sp³-hybridized carbons (Fsp3) is 0.333. The maximum absolute atomic E-state index is 11.8. The molecule has 0 aliphatic rings. The number of methoxy groups -OCH3 is 2. The van der Waals surface area contributed by atoms with Crippen molar-refractivity contribution in [2.24, 2.45) is 0 Å². The summed E-state index contributed by atoms with van der Waals surface area (Å²) in [6, 6.07) is 6.54. The molecule has 1 aromatic carbocycles. The summed E-state index contributed by atoms with van der Waals surface area (Å²) in [5, 5.41) is 6.90. The minimum Gasteiger partial charge on any atom is -0.493 e. The van der Waals surface area contributed by atoms with Crippen LogP contribution in [0.1, 0.15) is 16.2 Å². The van der Waals surface area contributed by atoms with Gasteiger partial charge in [0.15, 0.2) is 23.0 Å². The molecule has 2 rings (SSSR count). The van der Waals surface area contributed by atoms with Crippen LogP contribution in [0.15, 0.2) is 28.8 Å². The molecule has 2 aromatic rings. The number of ether oxygens (including phenoxy) is 3. The highest BCUT2D eigenvalue weighted by Gasteiger charge is 2.13. The molecule has 1 heterocycles. The second-order valence-corrected chi connectivity index (χ2v) is 4.95. The van der Waals surface area contributed by atoms with Gasteiger partial charge in [0.2, 0.25) is 0 Å². The molecule has 7 nitrogen and oxygen atoms in total. The highest BCUT2D eigenvalue weighted by atomic mass is 35.5. The molecule has 0 aliphatic heterocycles. The maximum atomic E-state index is 11.8. The summed E-state index contributed by atoms with van der Waals surface area (Å²) in [6.45, 7) is 0.933. The molecule has 1 amide bonds. The van der Waals surface area contributed by atoms with E-state index >= 15 is 0 Å². The summed E-state index contributed by atoms with van der Waals surface area (Å²) >= 11 is 5.89. The van der Waals surface area contributed by atoms with Crippen LogP contribution in [-0.4, -0.2) is 38.4 Å². The second kappa shape index (κ2) is 8.40.